The lowest BCUT2D eigenvalue weighted by Crippen LogP contribution is -2.31. The Balaban J connectivity index is 2.26. The van der Waals surface area contributed by atoms with E-state index in [4.69, 9.17) is 4.98 Å². The SMILES string of the molecule is CCN1CCc2nc3c(C(C)C)cccc3c(CO)c2C1. The molecule has 0 amide bonds. The molecule has 1 aliphatic heterocycles. The number of para-hydroxylation sites is 1. The van der Waals surface area contributed by atoms with E-state index in [2.05, 4.69) is 43.9 Å². The zero-order valence-corrected chi connectivity index (χ0v) is 13.2. The van der Waals surface area contributed by atoms with E-state index in [1.807, 2.05) is 0 Å². The van der Waals surface area contributed by atoms with Gasteiger partial charge in [-0.3, -0.25) is 9.88 Å². The molecule has 0 fully saturated rings. The molecule has 112 valence electrons. The molecule has 0 aliphatic carbocycles. The Bertz CT molecular complexity index is 664. The molecule has 0 radical (unpaired) electrons. The summed E-state index contributed by atoms with van der Waals surface area (Å²) in [6.07, 6.45) is 0.985. The highest BCUT2D eigenvalue weighted by molar-refractivity contribution is 5.87. The summed E-state index contributed by atoms with van der Waals surface area (Å²) in [5.41, 5.74) is 5.88. The van der Waals surface area contributed by atoms with Crippen LogP contribution in [0.1, 0.15) is 49.1 Å². The molecule has 0 unspecified atom stereocenters. The van der Waals surface area contributed by atoms with Crippen LogP contribution in [0.2, 0.25) is 0 Å². The molecule has 3 rings (SSSR count). The zero-order chi connectivity index (χ0) is 15.0. The molecule has 1 aromatic heterocycles. The molecule has 0 saturated carbocycles. The van der Waals surface area contributed by atoms with Gasteiger partial charge in [0.15, 0.2) is 0 Å². The topological polar surface area (TPSA) is 36.4 Å². The number of fused-ring (bicyclic) bond motifs is 2. The summed E-state index contributed by atoms with van der Waals surface area (Å²) in [4.78, 5) is 7.39. The molecular formula is C18H24N2O. The van der Waals surface area contributed by atoms with Crippen LogP contribution < -0.4 is 0 Å². The second kappa shape index (κ2) is 5.74. The van der Waals surface area contributed by atoms with E-state index in [0.717, 1.165) is 42.5 Å². The van der Waals surface area contributed by atoms with Gasteiger partial charge in [0.2, 0.25) is 0 Å². The number of hydrogen-bond acceptors (Lipinski definition) is 3. The number of hydrogen-bond donors (Lipinski definition) is 1. The van der Waals surface area contributed by atoms with Gasteiger partial charge in [-0.1, -0.05) is 39.0 Å². The molecule has 2 heterocycles. The first kappa shape index (κ1) is 14.5. The molecule has 3 heteroatoms. The highest BCUT2D eigenvalue weighted by atomic mass is 16.3. The lowest BCUT2D eigenvalue weighted by molar-refractivity contribution is 0.252. The number of benzene rings is 1. The smallest absolute Gasteiger partial charge is 0.0743 e. The first-order valence-electron chi connectivity index (χ1n) is 7.92. The first-order chi connectivity index (χ1) is 10.2. The van der Waals surface area contributed by atoms with Crippen molar-refractivity contribution in [3.63, 3.8) is 0 Å². The molecule has 2 aromatic rings. The monoisotopic (exact) mass is 284 g/mol. The number of likely N-dealkylation sites (N-methyl/N-ethyl adjacent to an activating group) is 1. The minimum absolute atomic E-state index is 0.0977. The largest absolute Gasteiger partial charge is 0.392 e. The van der Waals surface area contributed by atoms with Gasteiger partial charge < -0.3 is 5.11 Å². The summed E-state index contributed by atoms with van der Waals surface area (Å²) in [7, 11) is 0. The van der Waals surface area contributed by atoms with Crippen molar-refractivity contribution in [3.05, 3.63) is 40.6 Å². The number of aliphatic hydroxyl groups is 1. The number of pyridine rings is 1. The molecule has 0 spiro atoms. The Morgan fingerprint density at radius 2 is 2.14 bits per heavy atom. The molecule has 21 heavy (non-hydrogen) atoms. The van der Waals surface area contributed by atoms with Crippen LogP contribution in [-0.4, -0.2) is 28.1 Å². The van der Waals surface area contributed by atoms with Crippen molar-refractivity contribution in [2.24, 2.45) is 0 Å². The van der Waals surface area contributed by atoms with Crippen molar-refractivity contribution in [2.75, 3.05) is 13.1 Å². The van der Waals surface area contributed by atoms with Gasteiger partial charge >= 0.3 is 0 Å². The summed E-state index contributed by atoms with van der Waals surface area (Å²) in [6.45, 7) is 9.72. The summed E-state index contributed by atoms with van der Waals surface area (Å²) in [6, 6.07) is 6.35. The van der Waals surface area contributed by atoms with Crippen LogP contribution in [0.15, 0.2) is 18.2 Å². The van der Waals surface area contributed by atoms with E-state index in [1.54, 1.807) is 0 Å². The normalized spacial score (nSPS) is 15.7. The van der Waals surface area contributed by atoms with Gasteiger partial charge in [-0.2, -0.15) is 0 Å². The van der Waals surface area contributed by atoms with Gasteiger partial charge in [0, 0.05) is 30.6 Å². The Hall–Kier alpha value is -1.45. The standard InChI is InChI=1S/C18H24N2O/c1-4-20-9-8-17-15(10-20)16(11-21)14-7-5-6-13(12(2)3)18(14)19-17/h5-7,12,21H,4,8-11H2,1-3H3. The zero-order valence-electron chi connectivity index (χ0n) is 13.2. The van der Waals surface area contributed by atoms with Crippen LogP contribution in [0.25, 0.3) is 10.9 Å². The minimum atomic E-state index is 0.0977. The average molecular weight is 284 g/mol. The highest BCUT2D eigenvalue weighted by Gasteiger charge is 2.22. The Morgan fingerprint density at radius 1 is 1.33 bits per heavy atom. The third-order valence-corrected chi connectivity index (χ3v) is 4.63. The van der Waals surface area contributed by atoms with Crippen LogP contribution in [-0.2, 0) is 19.6 Å². The molecule has 1 aliphatic rings. The van der Waals surface area contributed by atoms with Crippen molar-refractivity contribution in [3.8, 4) is 0 Å². The highest BCUT2D eigenvalue weighted by Crippen LogP contribution is 2.32. The van der Waals surface area contributed by atoms with Gasteiger partial charge in [0.25, 0.3) is 0 Å². The number of aromatic nitrogens is 1. The van der Waals surface area contributed by atoms with Gasteiger partial charge in [-0.05, 0) is 29.2 Å². The molecular weight excluding hydrogens is 260 g/mol. The minimum Gasteiger partial charge on any atom is -0.392 e. The predicted molar refractivity (Wildman–Crippen MR) is 86.4 cm³/mol. The van der Waals surface area contributed by atoms with Crippen molar-refractivity contribution in [1.82, 2.24) is 9.88 Å². The lowest BCUT2D eigenvalue weighted by atomic mass is 9.92. The van der Waals surface area contributed by atoms with E-state index in [-0.39, 0.29) is 6.61 Å². The summed E-state index contributed by atoms with van der Waals surface area (Å²) >= 11 is 0. The second-order valence-electron chi connectivity index (χ2n) is 6.19. The first-order valence-corrected chi connectivity index (χ1v) is 7.92. The van der Waals surface area contributed by atoms with Gasteiger partial charge in [-0.15, -0.1) is 0 Å². The quantitative estimate of drug-likeness (QED) is 0.940. The molecule has 0 atom stereocenters. The van der Waals surface area contributed by atoms with Gasteiger partial charge in [0.05, 0.1) is 12.1 Å². The summed E-state index contributed by atoms with van der Waals surface area (Å²) < 4.78 is 0. The maximum Gasteiger partial charge on any atom is 0.0743 e. The van der Waals surface area contributed by atoms with E-state index < -0.39 is 0 Å². The van der Waals surface area contributed by atoms with Crippen LogP contribution >= 0.6 is 0 Å². The van der Waals surface area contributed by atoms with E-state index in [0.29, 0.717) is 5.92 Å². The van der Waals surface area contributed by atoms with Crippen molar-refractivity contribution in [2.45, 2.75) is 46.3 Å². The summed E-state index contributed by atoms with van der Waals surface area (Å²) in [5.74, 6) is 0.446. The summed E-state index contributed by atoms with van der Waals surface area (Å²) in [5, 5.41) is 11.1. The molecule has 3 nitrogen and oxygen atoms in total. The van der Waals surface area contributed by atoms with E-state index >= 15 is 0 Å². The van der Waals surface area contributed by atoms with Gasteiger partial charge in [-0.25, -0.2) is 0 Å². The third-order valence-electron chi connectivity index (χ3n) is 4.63. The fourth-order valence-electron chi connectivity index (χ4n) is 3.35. The molecule has 1 N–H and O–H groups in total. The maximum atomic E-state index is 9.93. The lowest BCUT2D eigenvalue weighted by Gasteiger charge is -2.29. The maximum absolute atomic E-state index is 9.93. The third kappa shape index (κ3) is 2.45. The van der Waals surface area contributed by atoms with Crippen molar-refractivity contribution >= 4 is 10.9 Å². The van der Waals surface area contributed by atoms with E-state index in [9.17, 15) is 5.11 Å². The molecule has 1 aromatic carbocycles. The predicted octanol–water partition coefficient (Wildman–Crippen LogP) is 3.23. The van der Waals surface area contributed by atoms with E-state index in [1.165, 1.54) is 16.8 Å². The van der Waals surface area contributed by atoms with Crippen molar-refractivity contribution < 1.29 is 5.11 Å². The van der Waals surface area contributed by atoms with Gasteiger partial charge in [0.1, 0.15) is 0 Å². The number of nitrogens with zero attached hydrogens (tertiary/aromatic N) is 2. The van der Waals surface area contributed by atoms with Crippen LogP contribution in [0.3, 0.4) is 0 Å². The fraction of sp³-hybridized carbons (Fsp3) is 0.500. The van der Waals surface area contributed by atoms with Crippen LogP contribution in [0.4, 0.5) is 0 Å². The Kier molecular flexibility index (Phi) is 3.96. The molecule has 0 saturated heterocycles. The van der Waals surface area contributed by atoms with Crippen LogP contribution in [0, 0.1) is 0 Å². The Labute approximate surface area is 126 Å². The molecule has 0 bridgehead atoms. The second-order valence-corrected chi connectivity index (χ2v) is 6.19. The van der Waals surface area contributed by atoms with Crippen molar-refractivity contribution in [1.29, 1.82) is 0 Å². The average Bonchev–Trinajstić information content (AvgIpc) is 2.51. The Morgan fingerprint density at radius 3 is 2.81 bits per heavy atom. The van der Waals surface area contributed by atoms with Crippen LogP contribution in [0.5, 0.6) is 0 Å². The fourth-order valence-corrected chi connectivity index (χ4v) is 3.35. The number of aliphatic hydroxyl groups excluding tert-OH is 1. The number of rotatable bonds is 3.